The lowest BCUT2D eigenvalue weighted by molar-refractivity contribution is 0.0193. The molecule has 3 saturated heterocycles. The molecular weight excluding hydrogens is 252 g/mol. The molecule has 4 atom stereocenters. The molecule has 4 heteroatoms. The quantitative estimate of drug-likeness (QED) is 0.777. The third kappa shape index (κ3) is 2.82. The maximum absolute atomic E-state index is 8.97. The maximum Gasteiger partial charge on any atom is 0.129 e. The molecule has 2 N–H and O–H groups in total. The number of nitrogens with one attached hydrogen (secondary N) is 1. The summed E-state index contributed by atoms with van der Waals surface area (Å²) in [6.07, 6.45) is 4.74. The number of nitrogens with zero attached hydrogens (tertiary/aromatic N) is 1. The number of hydrogen-bond acceptors (Lipinski definition) is 4. The van der Waals surface area contributed by atoms with Crippen molar-refractivity contribution >= 4 is 0 Å². The van der Waals surface area contributed by atoms with Gasteiger partial charge in [0.2, 0.25) is 0 Å². The minimum atomic E-state index is -0.0268. The van der Waals surface area contributed by atoms with Gasteiger partial charge < -0.3 is 14.8 Å². The van der Waals surface area contributed by atoms with Gasteiger partial charge in [-0.15, -0.1) is 6.58 Å². The highest BCUT2D eigenvalue weighted by Crippen LogP contribution is 2.36. The molecule has 0 saturated carbocycles. The number of hydrogen-bond donors (Lipinski definition) is 2. The minimum absolute atomic E-state index is 0.0268. The Bertz CT molecular complexity index is 457. The van der Waals surface area contributed by atoms with E-state index < -0.39 is 0 Å². The van der Waals surface area contributed by atoms with Crippen molar-refractivity contribution in [3.8, 4) is 0 Å². The second-order valence-corrected chi connectivity index (χ2v) is 5.99. The number of rotatable bonds is 6. The van der Waals surface area contributed by atoms with Gasteiger partial charge in [0.15, 0.2) is 0 Å². The van der Waals surface area contributed by atoms with E-state index in [-0.39, 0.29) is 6.61 Å². The van der Waals surface area contributed by atoms with Crippen LogP contribution in [0.1, 0.15) is 24.4 Å². The van der Waals surface area contributed by atoms with Crippen LogP contribution in [-0.4, -0.2) is 35.7 Å². The van der Waals surface area contributed by atoms with Gasteiger partial charge in [0.1, 0.15) is 18.1 Å². The molecule has 3 aliphatic heterocycles. The number of aliphatic hydroxyl groups excluding tert-OH is 1. The lowest BCUT2D eigenvalue weighted by Gasteiger charge is -2.49. The number of fused-ring (bicyclic) bond motifs is 3. The van der Waals surface area contributed by atoms with Gasteiger partial charge in [0.05, 0.1) is 6.54 Å². The standard InChI is InChI=1S/C16H24N2O2/c1-2-12-10-18-6-5-13(12)7-14(18)8-17-9-15-3-4-16(11-19)20-15/h2-4,12-14,17,19H,1,5-11H2/t12-,13-,14+/m0/s1. The molecule has 3 aliphatic rings. The largest absolute Gasteiger partial charge is 0.462 e. The molecule has 4 heterocycles. The third-order valence-corrected chi connectivity index (χ3v) is 4.78. The van der Waals surface area contributed by atoms with E-state index >= 15 is 0 Å². The summed E-state index contributed by atoms with van der Waals surface area (Å²) in [6.45, 7) is 8.09. The Kier molecular flexibility index (Phi) is 4.24. The van der Waals surface area contributed by atoms with Crippen LogP contribution in [0, 0.1) is 11.8 Å². The zero-order chi connectivity index (χ0) is 13.9. The monoisotopic (exact) mass is 276 g/mol. The highest BCUT2D eigenvalue weighted by molar-refractivity contribution is 5.06. The molecule has 0 amide bonds. The molecule has 110 valence electrons. The Hall–Kier alpha value is -1.10. The minimum Gasteiger partial charge on any atom is -0.462 e. The molecule has 1 unspecified atom stereocenters. The fourth-order valence-electron chi connectivity index (χ4n) is 3.62. The van der Waals surface area contributed by atoms with Crippen LogP contribution < -0.4 is 5.32 Å². The SMILES string of the molecule is C=C[C@H]1CN2CC[C@H]1C[C@@H]2CNCc1ccc(CO)o1. The van der Waals surface area contributed by atoms with Gasteiger partial charge in [-0.25, -0.2) is 0 Å². The summed E-state index contributed by atoms with van der Waals surface area (Å²) in [7, 11) is 0. The number of furan rings is 1. The van der Waals surface area contributed by atoms with Crippen LogP contribution in [0.3, 0.4) is 0 Å². The summed E-state index contributed by atoms with van der Waals surface area (Å²) >= 11 is 0. The highest BCUT2D eigenvalue weighted by atomic mass is 16.4. The smallest absolute Gasteiger partial charge is 0.129 e. The van der Waals surface area contributed by atoms with E-state index in [4.69, 9.17) is 9.52 Å². The fraction of sp³-hybridized carbons (Fsp3) is 0.625. The van der Waals surface area contributed by atoms with Gasteiger partial charge in [-0.05, 0) is 43.4 Å². The van der Waals surface area contributed by atoms with Crippen LogP contribution in [0.2, 0.25) is 0 Å². The number of aliphatic hydroxyl groups is 1. The van der Waals surface area contributed by atoms with Crippen molar-refractivity contribution in [2.45, 2.75) is 32.0 Å². The van der Waals surface area contributed by atoms with Crippen molar-refractivity contribution in [2.24, 2.45) is 11.8 Å². The summed E-state index contributed by atoms with van der Waals surface area (Å²) in [6, 6.07) is 4.41. The van der Waals surface area contributed by atoms with Gasteiger partial charge in [-0.1, -0.05) is 6.08 Å². The van der Waals surface area contributed by atoms with E-state index in [1.807, 2.05) is 12.1 Å². The van der Waals surface area contributed by atoms with Crippen molar-refractivity contribution in [3.63, 3.8) is 0 Å². The summed E-state index contributed by atoms with van der Waals surface area (Å²) < 4.78 is 5.48. The van der Waals surface area contributed by atoms with Gasteiger partial charge in [-0.2, -0.15) is 0 Å². The summed E-state index contributed by atoms with van der Waals surface area (Å²) in [5.74, 6) is 3.05. The van der Waals surface area contributed by atoms with E-state index in [1.54, 1.807) is 0 Å². The molecule has 4 nitrogen and oxygen atoms in total. The van der Waals surface area contributed by atoms with Crippen LogP contribution in [0.4, 0.5) is 0 Å². The first-order valence-electron chi connectivity index (χ1n) is 7.56. The zero-order valence-electron chi connectivity index (χ0n) is 11.9. The van der Waals surface area contributed by atoms with Crippen LogP contribution in [0.15, 0.2) is 29.2 Å². The second kappa shape index (κ2) is 6.12. The summed E-state index contributed by atoms with van der Waals surface area (Å²) in [5.41, 5.74) is 0. The molecule has 0 aliphatic carbocycles. The molecule has 0 spiro atoms. The summed E-state index contributed by atoms with van der Waals surface area (Å²) in [5, 5.41) is 12.5. The van der Waals surface area contributed by atoms with Gasteiger partial charge >= 0.3 is 0 Å². The van der Waals surface area contributed by atoms with Crippen LogP contribution in [0.25, 0.3) is 0 Å². The molecule has 1 aromatic rings. The molecule has 2 bridgehead atoms. The Labute approximate surface area is 120 Å². The fourth-order valence-corrected chi connectivity index (χ4v) is 3.62. The topological polar surface area (TPSA) is 48.6 Å². The zero-order valence-corrected chi connectivity index (χ0v) is 11.9. The predicted molar refractivity (Wildman–Crippen MR) is 78.1 cm³/mol. The molecule has 0 radical (unpaired) electrons. The molecule has 0 aromatic carbocycles. The Morgan fingerprint density at radius 3 is 2.95 bits per heavy atom. The van der Waals surface area contributed by atoms with E-state index in [1.165, 1.54) is 25.9 Å². The Morgan fingerprint density at radius 1 is 1.45 bits per heavy atom. The highest BCUT2D eigenvalue weighted by Gasteiger charge is 2.38. The number of piperidine rings is 3. The molecule has 20 heavy (non-hydrogen) atoms. The average molecular weight is 276 g/mol. The van der Waals surface area contributed by atoms with E-state index in [0.29, 0.717) is 17.7 Å². The van der Waals surface area contributed by atoms with Crippen molar-refractivity contribution in [1.29, 1.82) is 0 Å². The normalized spacial score (nSPS) is 32.5. The van der Waals surface area contributed by atoms with Crippen molar-refractivity contribution < 1.29 is 9.52 Å². The first-order valence-corrected chi connectivity index (χ1v) is 7.56. The van der Waals surface area contributed by atoms with Crippen molar-refractivity contribution in [3.05, 3.63) is 36.3 Å². The van der Waals surface area contributed by atoms with Crippen LogP contribution in [-0.2, 0) is 13.2 Å². The summed E-state index contributed by atoms with van der Waals surface area (Å²) in [4.78, 5) is 2.60. The van der Waals surface area contributed by atoms with Gasteiger partial charge in [-0.3, -0.25) is 4.90 Å². The van der Waals surface area contributed by atoms with E-state index in [0.717, 1.165) is 24.8 Å². The molecule has 1 aromatic heterocycles. The molecular formula is C16H24N2O2. The molecule has 4 rings (SSSR count). The lowest BCUT2D eigenvalue weighted by Crippen LogP contribution is -2.55. The first kappa shape index (κ1) is 13.9. The van der Waals surface area contributed by atoms with Gasteiger partial charge in [0.25, 0.3) is 0 Å². The Morgan fingerprint density at radius 2 is 2.30 bits per heavy atom. The average Bonchev–Trinajstić information content (AvgIpc) is 2.96. The van der Waals surface area contributed by atoms with E-state index in [9.17, 15) is 0 Å². The first-order chi connectivity index (χ1) is 9.80. The lowest BCUT2D eigenvalue weighted by atomic mass is 9.75. The molecule has 3 fully saturated rings. The van der Waals surface area contributed by atoms with E-state index in [2.05, 4.69) is 22.9 Å². The Balaban J connectivity index is 1.46. The predicted octanol–water partition coefficient (Wildman–Crippen LogP) is 1.76. The van der Waals surface area contributed by atoms with Crippen LogP contribution in [0.5, 0.6) is 0 Å². The van der Waals surface area contributed by atoms with Crippen LogP contribution >= 0.6 is 0 Å². The third-order valence-electron chi connectivity index (χ3n) is 4.78. The second-order valence-electron chi connectivity index (χ2n) is 5.99. The van der Waals surface area contributed by atoms with Crippen molar-refractivity contribution in [2.75, 3.05) is 19.6 Å². The van der Waals surface area contributed by atoms with Crippen molar-refractivity contribution in [1.82, 2.24) is 10.2 Å². The maximum atomic E-state index is 8.97. The van der Waals surface area contributed by atoms with Gasteiger partial charge in [0, 0.05) is 19.1 Å².